The summed E-state index contributed by atoms with van der Waals surface area (Å²) >= 11 is 0. The number of amides is 1. The van der Waals surface area contributed by atoms with Crippen molar-refractivity contribution in [2.45, 2.75) is 20.3 Å². The Kier molecular flexibility index (Phi) is 8.15. The predicted molar refractivity (Wildman–Crippen MR) is 75.8 cm³/mol. The van der Waals surface area contributed by atoms with E-state index in [0.29, 0.717) is 32.6 Å². The van der Waals surface area contributed by atoms with Gasteiger partial charge in [-0.05, 0) is 26.8 Å². The third kappa shape index (κ3) is 5.43. The second-order valence-corrected chi connectivity index (χ2v) is 6.44. The van der Waals surface area contributed by atoms with Crippen molar-refractivity contribution in [2.75, 3.05) is 46.8 Å². The average molecular weight is 294 g/mol. The molecule has 0 aliphatic heterocycles. The van der Waals surface area contributed by atoms with Crippen LogP contribution >= 0.6 is 0 Å². The molecule has 8 heteroatoms. The number of nitrogens with two attached hydrogens (primary N) is 1. The lowest BCUT2D eigenvalue weighted by atomic mass is 10.4. The minimum Gasteiger partial charge on any atom is -0.342 e. The van der Waals surface area contributed by atoms with Crippen LogP contribution in [0.4, 0.5) is 0 Å². The highest BCUT2D eigenvalue weighted by Crippen LogP contribution is 2.05. The van der Waals surface area contributed by atoms with Crippen LogP contribution in [0.25, 0.3) is 0 Å². The molecule has 0 aliphatic carbocycles. The summed E-state index contributed by atoms with van der Waals surface area (Å²) in [6.45, 7) is 5.52. The summed E-state index contributed by atoms with van der Waals surface area (Å²) in [5.41, 5.74) is 5.36. The quantitative estimate of drug-likeness (QED) is 0.610. The van der Waals surface area contributed by atoms with E-state index in [4.69, 9.17) is 5.73 Å². The standard InChI is InChI=1S/C11H26N4O3S/c1-5-15(6-2)11(16)10-14(4)19(17,18)13(3)9-7-8-12/h5-10,12H2,1-4H3. The Labute approximate surface area is 116 Å². The van der Waals surface area contributed by atoms with Gasteiger partial charge in [-0.15, -0.1) is 0 Å². The maximum atomic E-state index is 12.1. The molecule has 114 valence electrons. The summed E-state index contributed by atoms with van der Waals surface area (Å²) in [6, 6.07) is 0. The Balaban J connectivity index is 4.63. The molecule has 0 unspecified atom stereocenters. The van der Waals surface area contributed by atoms with E-state index in [2.05, 4.69) is 0 Å². The first-order chi connectivity index (χ1) is 8.81. The molecule has 1 amide bonds. The first-order valence-electron chi connectivity index (χ1n) is 6.46. The molecule has 2 N–H and O–H groups in total. The molecule has 0 bridgehead atoms. The summed E-state index contributed by atoms with van der Waals surface area (Å²) in [4.78, 5) is 13.5. The number of rotatable bonds is 9. The molecule has 0 aromatic rings. The fourth-order valence-corrected chi connectivity index (χ4v) is 2.72. The molecule has 0 aromatic carbocycles. The Morgan fingerprint density at radius 1 is 1.11 bits per heavy atom. The molecule has 0 aliphatic rings. The van der Waals surface area contributed by atoms with Gasteiger partial charge in [0.05, 0.1) is 6.54 Å². The van der Waals surface area contributed by atoms with Gasteiger partial charge < -0.3 is 10.6 Å². The molecule has 0 rings (SSSR count). The zero-order valence-electron chi connectivity index (χ0n) is 12.3. The van der Waals surface area contributed by atoms with E-state index in [1.54, 1.807) is 4.90 Å². The molecular formula is C11H26N4O3S. The number of hydrogen-bond acceptors (Lipinski definition) is 4. The van der Waals surface area contributed by atoms with E-state index in [-0.39, 0.29) is 12.5 Å². The Morgan fingerprint density at radius 3 is 2.05 bits per heavy atom. The van der Waals surface area contributed by atoms with Crippen molar-refractivity contribution in [3.8, 4) is 0 Å². The van der Waals surface area contributed by atoms with E-state index in [0.717, 1.165) is 4.31 Å². The zero-order chi connectivity index (χ0) is 15.1. The summed E-state index contributed by atoms with van der Waals surface area (Å²) in [5.74, 6) is -0.191. The molecule has 19 heavy (non-hydrogen) atoms. The van der Waals surface area contributed by atoms with Gasteiger partial charge in [0.15, 0.2) is 0 Å². The Hall–Kier alpha value is -0.700. The number of nitrogens with zero attached hydrogens (tertiary/aromatic N) is 3. The fourth-order valence-electron chi connectivity index (χ4n) is 1.62. The van der Waals surface area contributed by atoms with Crippen LogP contribution in [0.3, 0.4) is 0 Å². The zero-order valence-corrected chi connectivity index (χ0v) is 13.1. The van der Waals surface area contributed by atoms with Crippen LogP contribution in [-0.2, 0) is 15.0 Å². The van der Waals surface area contributed by atoms with Crippen molar-refractivity contribution >= 4 is 16.1 Å². The average Bonchev–Trinajstić information content (AvgIpc) is 2.36. The van der Waals surface area contributed by atoms with Gasteiger partial charge in [-0.2, -0.15) is 17.0 Å². The van der Waals surface area contributed by atoms with Gasteiger partial charge in [-0.1, -0.05) is 0 Å². The topological polar surface area (TPSA) is 87.0 Å². The molecule has 0 saturated heterocycles. The fraction of sp³-hybridized carbons (Fsp3) is 0.909. The molecule has 0 atom stereocenters. The second-order valence-electron chi connectivity index (χ2n) is 4.29. The lowest BCUT2D eigenvalue weighted by Gasteiger charge is -2.26. The summed E-state index contributed by atoms with van der Waals surface area (Å²) in [5, 5.41) is 0. The Morgan fingerprint density at radius 2 is 1.63 bits per heavy atom. The number of carbonyl (C=O) groups is 1. The lowest BCUT2D eigenvalue weighted by molar-refractivity contribution is -0.130. The van der Waals surface area contributed by atoms with Gasteiger partial charge in [-0.3, -0.25) is 4.79 Å². The molecule has 0 heterocycles. The smallest absolute Gasteiger partial charge is 0.281 e. The Bertz CT molecular complexity index is 368. The van der Waals surface area contributed by atoms with Crippen molar-refractivity contribution in [1.82, 2.24) is 13.5 Å². The predicted octanol–water partition coefficient (Wildman–Crippen LogP) is -0.688. The van der Waals surface area contributed by atoms with Crippen molar-refractivity contribution in [2.24, 2.45) is 5.73 Å². The maximum absolute atomic E-state index is 12.1. The van der Waals surface area contributed by atoms with Gasteiger partial charge in [0.25, 0.3) is 10.2 Å². The highest BCUT2D eigenvalue weighted by molar-refractivity contribution is 7.86. The maximum Gasteiger partial charge on any atom is 0.281 e. The molecular weight excluding hydrogens is 268 g/mol. The number of hydrogen-bond donors (Lipinski definition) is 1. The van der Waals surface area contributed by atoms with Crippen LogP contribution in [0.15, 0.2) is 0 Å². The lowest BCUT2D eigenvalue weighted by Crippen LogP contribution is -2.46. The second kappa shape index (κ2) is 8.47. The van der Waals surface area contributed by atoms with E-state index in [1.807, 2.05) is 13.8 Å². The van der Waals surface area contributed by atoms with Crippen LogP contribution in [0, 0.1) is 0 Å². The molecule has 0 fully saturated rings. The number of carbonyl (C=O) groups excluding carboxylic acids is 1. The van der Waals surface area contributed by atoms with Gasteiger partial charge in [0.2, 0.25) is 5.91 Å². The first-order valence-corrected chi connectivity index (χ1v) is 7.86. The van der Waals surface area contributed by atoms with E-state index < -0.39 is 10.2 Å². The van der Waals surface area contributed by atoms with Gasteiger partial charge in [0, 0.05) is 33.7 Å². The molecule has 7 nitrogen and oxygen atoms in total. The van der Waals surface area contributed by atoms with E-state index in [1.165, 1.54) is 18.4 Å². The van der Waals surface area contributed by atoms with Gasteiger partial charge in [0.1, 0.15) is 0 Å². The minimum atomic E-state index is -3.59. The largest absolute Gasteiger partial charge is 0.342 e. The van der Waals surface area contributed by atoms with E-state index in [9.17, 15) is 13.2 Å². The normalized spacial score (nSPS) is 12.2. The van der Waals surface area contributed by atoms with Gasteiger partial charge >= 0.3 is 0 Å². The monoisotopic (exact) mass is 294 g/mol. The SMILES string of the molecule is CCN(CC)C(=O)CN(C)S(=O)(=O)N(C)CCCN. The minimum absolute atomic E-state index is 0.142. The summed E-state index contributed by atoms with van der Waals surface area (Å²) < 4.78 is 26.5. The third-order valence-corrected chi connectivity index (χ3v) is 4.83. The summed E-state index contributed by atoms with van der Waals surface area (Å²) in [6.07, 6.45) is 0.591. The van der Waals surface area contributed by atoms with Crippen LogP contribution in [-0.4, -0.2) is 74.7 Å². The van der Waals surface area contributed by atoms with Crippen molar-refractivity contribution in [3.63, 3.8) is 0 Å². The van der Waals surface area contributed by atoms with Gasteiger partial charge in [-0.25, -0.2) is 0 Å². The first kappa shape index (κ1) is 18.3. The molecule has 0 aromatic heterocycles. The van der Waals surface area contributed by atoms with Crippen molar-refractivity contribution in [1.29, 1.82) is 0 Å². The van der Waals surface area contributed by atoms with Crippen molar-refractivity contribution in [3.05, 3.63) is 0 Å². The summed E-state index contributed by atoms with van der Waals surface area (Å²) in [7, 11) is -0.691. The highest BCUT2D eigenvalue weighted by Gasteiger charge is 2.26. The van der Waals surface area contributed by atoms with Crippen LogP contribution in [0.5, 0.6) is 0 Å². The van der Waals surface area contributed by atoms with Crippen LogP contribution in [0.1, 0.15) is 20.3 Å². The van der Waals surface area contributed by atoms with Crippen LogP contribution in [0.2, 0.25) is 0 Å². The highest BCUT2D eigenvalue weighted by atomic mass is 32.2. The molecule has 0 saturated carbocycles. The third-order valence-electron chi connectivity index (χ3n) is 2.94. The number of likely N-dealkylation sites (N-methyl/N-ethyl adjacent to an activating group) is 2. The van der Waals surface area contributed by atoms with E-state index >= 15 is 0 Å². The molecule has 0 spiro atoms. The molecule has 0 radical (unpaired) electrons. The van der Waals surface area contributed by atoms with Crippen molar-refractivity contribution < 1.29 is 13.2 Å². The van der Waals surface area contributed by atoms with Crippen LogP contribution < -0.4 is 5.73 Å².